The maximum absolute atomic E-state index is 11.4. The zero-order valence-electron chi connectivity index (χ0n) is 10.1. The van der Waals surface area contributed by atoms with Gasteiger partial charge in [-0.25, -0.2) is 8.42 Å². The summed E-state index contributed by atoms with van der Waals surface area (Å²) in [5, 5.41) is 8.93. The Bertz CT molecular complexity index is 748. The molecule has 0 aliphatic rings. The van der Waals surface area contributed by atoms with Crippen molar-refractivity contribution >= 4 is 9.84 Å². The minimum atomic E-state index is -3.29. The van der Waals surface area contributed by atoms with Gasteiger partial charge in [-0.3, -0.25) is 4.98 Å². The van der Waals surface area contributed by atoms with Crippen LogP contribution in [0.15, 0.2) is 47.6 Å². The lowest BCUT2D eigenvalue weighted by Gasteiger charge is -2.07. The zero-order valence-corrected chi connectivity index (χ0v) is 10.9. The lowest BCUT2D eigenvalue weighted by molar-refractivity contribution is 0.477. The maximum Gasteiger partial charge on any atom is 0.175 e. The number of rotatable bonds is 3. The van der Waals surface area contributed by atoms with Crippen molar-refractivity contribution in [3.63, 3.8) is 0 Å². The molecule has 96 valence electrons. The highest BCUT2D eigenvalue weighted by molar-refractivity contribution is 7.90. The SMILES string of the molecule is CS(=O)(=O)c1cccc(Oc2cnccc2C#N)c1. The van der Waals surface area contributed by atoms with E-state index in [-0.39, 0.29) is 10.6 Å². The minimum Gasteiger partial charge on any atom is -0.454 e. The Kier molecular flexibility index (Phi) is 3.49. The van der Waals surface area contributed by atoms with Gasteiger partial charge in [-0.2, -0.15) is 5.26 Å². The van der Waals surface area contributed by atoms with Crippen molar-refractivity contribution in [1.82, 2.24) is 4.98 Å². The summed E-state index contributed by atoms with van der Waals surface area (Å²) < 4.78 is 28.4. The van der Waals surface area contributed by atoms with Crippen LogP contribution >= 0.6 is 0 Å². The van der Waals surface area contributed by atoms with Crippen molar-refractivity contribution in [2.45, 2.75) is 4.90 Å². The van der Waals surface area contributed by atoms with Crippen molar-refractivity contribution < 1.29 is 13.2 Å². The number of ether oxygens (including phenoxy) is 1. The highest BCUT2D eigenvalue weighted by atomic mass is 32.2. The normalized spacial score (nSPS) is 10.7. The quantitative estimate of drug-likeness (QED) is 0.856. The van der Waals surface area contributed by atoms with Gasteiger partial charge in [-0.05, 0) is 24.3 Å². The summed E-state index contributed by atoms with van der Waals surface area (Å²) in [4.78, 5) is 4.03. The molecule has 19 heavy (non-hydrogen) atoms. The van der Waals surface area contributed by atoms with Crippen molar-refractivity contribution in [3.05, 3.63) is 48.3 Å². The van der Waals surface area contributed by atoms with Crippen LogP contribution in [0.4, 0.5) is 0 Å². The Labute approximate surface area is 111 Å². The zero-order chi connectivity index (χ0) is 13.9. The number of nitriles is 1. The van der Waals surface area contributed by atoms with Crippen LogP contribution in [0.3, 0.4) is 0 Å². The molecule has 0 atom stereocenters. The summed E-state index contributed by atoms with van der Waals surface area (Å²) in [6.45, 7) is 0. The molecule has 6 heteroatoms. The van der Waals surface area contributed by atoms with Crippen LogP contribution in [0.2, 0.25) is 0 Å². The number of hydrogen-bond donors (Lipinski definition) is 0. The van der Waals surface area contributed by atoms with E-state index in [1.807, 2.05) is 6.07 Å². The third kappa shape index (κ3) is 3.09. The molecular formula is C13H10N2O3S. The third-order valence-electron chi connectivity index (χ3n) is 2.37. The fourth-order valence-corrected chi connectivity index (χ4v) is 2.10. The van der Waals surface area contributed by atoms with Crippen molar-refractivity contribution in [2.24, 2.45) is 0 Å². The van der Waals surface area contributed by atoms with Crippen LogP contribution in [-0.4, -0.2) is 19.7 Å². The van der Waals surface area contributed by atoms with Crippen molar-refractivity contribution in [3.8, 4) is 17.6 Å². The second-order valence-corrected chi connectivity index (χ2v) is 5.85. The van der Waals surface area contributed by atoms with E-state index in [4.69, 9.17) is 10.00 Å². The highest BCUT2D eigenvalue weighted by Crippen LogP contribution is 2.25. The number of pyridine rings is 1. The number of hydrogen-bond acceptors (Lipinski definition) is 5. The van der Waals surface area contributed by atoms with Gasteiger partial charge in [-0.1, -0.05) is 6.07 Å². The molecule has 0 aliphatic heterocycles. The molecule has 0 fully saturated rings. The van der Waals surface area contributed by atoms with E-state index < -0.39 is 9.84 Å². The van der Waals surface area contributed by atoms with Gasteiger partial charge in [0, 0.05) is 12.5 Å². The van der Waals surface area contributed by atoms with E-state index in [0.29, 0.717) is 11.3 Å². The van der Waals surface area contributed by atoms with Crippen LogP contribution in [0.1, 0.15) is 5.56 Å². The summed E-state index contributed by atoms with van der Waals surface area (Å²) in [7, 11) is -3.29. The molecule has 0 N–H and O–H groups in total. The molecular weight excluding hydrogens is 264 g/mol. The van der Waals surface area contributed by atoms with Gasteiger partial charge in [-0.15, -0.1) is 0 Å². The Morgan fingerprint density at radius 1 is 1.32 bits per heavy atom. The van der Waals surface area contributed by atoms with Gasteiger partial charge < -0.3 is 4.74 Å². The summed E-state index contributed by atoms with van der Waals surface area (Å²) in [6.07, 6.45) is 4.01. The average Bonchev–Trinajstić information content (AvgIpc) is 2.39. The second-order valence-electron chi connectivity index (χ2n) is 3.83. The first-order valence-electron chi connectivity index (χ1n) is 5.33. The van der Waals surface area contributed by atoms with E-state index in [2.05, 4.69) is 4.98 Å². The molecule has 0 saturated carbocycles. The number of sulfone groups is 1. The Morgan fingerprint density at radius 2 is 2.11 bits per heavy atom. The summed E-state index contributed by atoms with van der Waals surface area (Å²) in [6, 6.07) is 9.58. The minimum absolute atomic E-state index is 0.160. The Balaban J connectivity index is 2.37. The fourth-order valence-electron chi connectivity index (χ4n) is 1.45. The van der Waals surface area contributed by atoms with Gasteiger partial charge in [0.05, 0.1) is 16.7 Å². The lowest BCUT2D eigenvalue weighted by Crippen LogP contribution is -1.97. The highest BCUT2D eigenvalue weighted by Gasteiger charge is 2.09. The molecule has 5 nitrogen and oxygen atoms in total. The first kappa shape index (κ1) is 13.1. The largest absolute Gasteiger partial charge is 0.454 e. The predicted octanol–water partition coefficient (Wildman–Crippen LogP) is 2.15. The third-order valence-corrected chi connectivity index (χ3v) is 3.48. The van der Waals surface area contributed by atoms with Crippen molar-refractivity contribution in [1.29, 1.82) is 5.26 Å². The van der Waals surface area contributed by atoms with Gasteiger partial charge in [0.25, 0.3) is 0 Å². The second kappa shape index (κ2) is 5.08. The monoisotopic (exact) mass is 274 g/mol. The molecule has 0 aliphatic carbocycles. The van der Waals surface area contributed by atoms with E-state index in [9.17, 15) is 8.42 Å². The van der Waals surface area contributed by atoms with E-state index in [1.54, 1.807) is 12.1 Å². The molecule has 2 rings (SSSR count). The Morgan fingerprint density at radius 3 is 2.79 bits per heavy atom. The molecule has 0 radical (unpaired) electrons. The topological polar surface area (TPSA) is 80.1 Å². The molecule has 1 aromatic heterocycles. The first-order valence-corrected chi connectivity index (χ1v) is 7.22. The van der Waals surface area contributed by atoms with E-state index >= 15 is 0 Å². The fraction of sp³-hybridized carbons (Fsp3) is 0.0769. The predicted molar refractivity (Wildman–Crippen MR) is 68.6 cm³/mol. The molecule has 1 heterocycles. The lowest BCUT2D eigenvalue weighted by atomic mass is 10.3. The molecule has 0 spiro atoms. The van der Waals surface area contributed by atoms with Gasteiger partial charge in [0.1, 0.15) is 11.8 Å². The molecule has 0 amide bonds. The van der Waals surface area contributed by atoms with Gasteiger partial charge >= 0.3 is 0 Å². The van der Waals surface area contributed by atoms with E-state index in [0.717, 1.165) is 6.26 Å². The van der Waals surface area contributed by atoms with Crippen LogP contribution < -0.4 is 4.74 Å². The summed E-state index contributed by atoms with van der Waals surface area (Å²) >= 11 is 0. The molecule has 0 unspecified atom stereocenters. The van der Waals surface area contributed by atoms with Crippen LogP contribution in [0.5, 0.6) is 11.5 Å². The molecule has 0 bridgehead atoms. The van der Waals surface area contributed by atoms with Crippen LogP contribution in [-0.2, 0) is 9.84 Å². The molecule has 1 aromatic carbocycles. The Hall–Kier alpha value is -2.39. The number of nitrogens with zero attached hydrogens (tertiary/aromatic N) is 2. The van der Waals surface area contributed by atoms with Crippen molar-refractivity contribution in [2.75, 3.05) is 6.26 Å². The van der Waals surface area contributed by atoms with Gasteiger partial charge in [0.2, 0.25) is 0 Å². The number of aromatic nitrogens is 1. The van der Waals surface area contributed by atoms with Gasteiger partial charge in [0.15, 0.2) is 15.6 Å². The number of benzene rings is 1. The smallest absolute Gasteiger partial charge is 0.175 e. The maximum atomic E-state index is 11.4. The summed E-state index contributed by atoms with van der Waals surface area (Å²) in [5.74, 6) is 0.628. The van der Waals surface area contributed by atoms with Crippen LogP contribution in [0, 0.1) is 11.3 Å². The van der Waals surface area contributed by atoms with Crippen LogP contribution in [0.25, 0.3) is 0 Å². The summed E-state index contributed by atoms with van der Waals surface area (Å²) in [5.41, 5.74) is 0.333. The molecule has 2 aromatic rings. The average molecular weight is 274 g/mol. The van der Waals surface area contributed by atoms with E-state index in [1.165, 1.54) is 30.6 Å². The standard InChI is InChI=1S/C13H10N2O3S/c1-19(16,17)12-4-2-3-11(7-12)18-13-9-15-6-5-10(13)8-14/h2-7,9H,1H3. The first-order chi connectivity index (χ1) is 9.00. The molecule has 0 saturated heterocycles.